The van der Waals surface area contributed by atoms with Crippen molar-refractivity contribution in [3.63, 3.8) is 0 Å². The third-order valence-electron chi connectivity index (χ3n) is 3.77. The maximum atomic E-state index is 9.70. The zero-order chi connectivity index (χ0) is 14.7. The molecule has 112 valence electrons. The SMILES string of the molecule is CN1CCN(C)C(CNCc2cc(Br)c(O)c(Br)c2)C1. The third kappa shape index (κ3) is 4.18. The van der Waals surface area contributed by atoms with E-state index in [1.807, 2.05) is 12.1 Å². The average Bonchev–Trinajstić information content (AvgIpc) is 2.40. The summed E-state index contributed by atoms with van der Waals surface area (Å²) in [6.07, 6.45) is 0. The summed E-state index contributed by atoms with van der Waals surface area (Å²) in [5, 5.41) is 13.2. The van der Waals surface area contributed by atoms with Gasteiger partial charge >= 0.3 is 0 Å². The maximum absolute atomic E-state index is 9.70. The lowest BCUT2D eigenvalue weighted by Gasteiger charge is -2.37. The minimum absolute atomic E-state index is 0.252. The van der Waals surface area contributed by atoms with Gasteiger partial charge in [0.2, 0.25) is 0 Å². The van der Waals surface area contributed by atoms with E-state index in [0.29, 0.717) is 6.04 Å². The molecule has 4 nitrogen and oxygen atoms in total. The summed E-state index contributed by atoms with van der Waals surface area (Å²) in [4.78, 5) is 4.79. The molecule has 0 aromatic heterocycles. The van der Waals surface area contributed by atoms with Crippen LogP contribution in [0, 0.1) is 0 Å². The predicted octanol–water partition coefficient (Wildman–Crippen LogP) is 2.25. The van der Waals surface area contributed by atoms with Crippen molar-refractivity contribution < 1.29 is 5.11 Å². The Hall–Kier alpha value is -0.140. The van der Waals surface area contributed by atoms with Gasteiger partial charge in [0.1, 0.15) is 5.75 Å². The summed E-state index contributed by atoms with van der Waals surface area (Å²) in [5.41, 5.74) is 1.15. The molecule has 1 heterocycles. The number of nitrogens with one attached hydrogen (secondary N) is 1. The van der Waals surface area contributed by atoms with E-state index in [-0.39, 0.29) is 5.75 Å². The lowest BCUT2D eigenvalue weighted by molar-refractivity contribution is 0.113. The number of halogens is 2. The Kier molecular flexibility index (Phi) is 5.86. The second-order valence-electron chi connectivity index (χ2n) is 5.44. The van der Waals surface area contributed by atoms with Crippen LogP contribution in [0.15, 0.2) is 21.1 Å². The number of nitrogens with zero attached hydrogens (tertiary/aromatic N) is 2. The number of rotatable bonds is 4. The molecule has 0 amide bonds. The molecule has 0 bridgehead atoms. The number of benzene rings is 1. The second-order valence-corrected chi connectivity index (χ2v) is 7.14. The molecule has 6 heteroatoms. The van der Waals surface area contributed by atoms with Crippen LogP contribution in [0.3, 0.4) is 0 Å². The lowest BCUT2D eigenvalue weighted by atomic mass is 10.1. The summed E-state index contributed by atoms with van der Waals surface area (Å²) in [6.45, 7) is 5.14. The number of aromatic hydroxyl groups is 1. The minimum atomic E-state index is 0.252. The highest BCUT2D eigenvalue weighted by Gasteiger charge is 2.21. The van der Waals surface area contributed by atoms with Crippen molar-refractivity contribution in [3.05, 3.63) is 26.6 Å². The van der Waals surface area contributed by atoms with Crippen LogP contribution >= 0.6 is 31.9 Å². The van der Waals surface area contributed by atoms with Crippen molar-refractivity contribution in [2.75, 3.05) is 40.3 Å². The van der Waals surface area contributed by atoms with Crippen molar-refractivity contribution in [2.24, 2.45) is 0 Å². The van der Waals surface area contributed by atoms with E-state index >= 15 is 0 Å². The van der Waals surface area contributed by atoms with Crippen molar-refractivity contribution in [1.29, 1.82) is 0 Å². The van der Waals surface area contributed by atoms with E-state index in [9.17, 15) is 5.11 Å². The Labute approximate surface area is 137 Å². The highest BCUT2D eigenvalue weighted by molar-refractivity contribution is 9.11. The monoisotopic (exact) mass is 405 g/mol. The standard InChI is InChI=1S/C14H21Br2N3O/c1-18-3-4-19(2)11(9-18)8-17-7-10-5-12(15)14(20)13(16)6-10/h5-6,11,17,20H,3-4,7-9H2,1-2H3. The van der Waals surface area contributed by atoms with Crippen LogP contribution in [0.2, 0.25) is 0 Å². The maximum Gasteiger partial charge on any atom is 0.143 e. The number of phenolic OH excluding ortho intramolecular Hbond substituents is 1. The highest BCUT2D eigenvalue weighted by atomic mass is 79.9. The zero-order valence-electron chi connectivity index (χ0n) is 11.9. The van der Waals surface area contributed by atoms with Gasteiger partial charge in [0.15, 0.2) is 0 Å². The number of likely N-dealkylation sites (N-methyl/N-ethyl adjacent to an activating group) is 2. The fourth-order valence-corrected chi connectivity index (χ4v) is 3.71. The molecule has 0 radical (unpaired) electrons. The number of phenols is 1. The first-order valence-corrected chi connectivity index (χ1v) is 8.32. The fourth-order valence-electron chi connectivity index (χ4n) is 2.43. The fraction of sp³-hybridized carbons (Fsp3) is 0.571. The van der Waals surface area contributed by atoms with E-state index in [1.165, 1.54) is 0 Å². The Morgan fingerprint density at radius 2 is 1.90 bits per heavy atom. The first kappa shape index (κ1) is 16.2. The summed E-state index contributed by atoms with van der Waals surface area (Å²) in [6, 6.07) is 4.45. The zero-order valence-corrected chi connectivity index (χ0v) is 15.0. The molecule has 2 rings (SSSR count). The lowest BCUT2D eigenvalue weighted by Crippen LogP contribution is -2.53. The molecule has 0 spiro atoms. The van der Waals surface area contributed by atoms with Gasteiger partial charge in [-0.15, -0.1) is 0 Å². The molecule has 1 aromatic carbocycles. The van der Waals surface area contributed by atoms with E-state index < -0.39 is 0 Å². The smallest absolute Gasteiger partial charge is 0.143 e. The van der Waals surface area contributed by atoms with Gasteiger partial charge in [-0.05, 0) is 63.7 Å². The molecule has 20 heavy (non-hydrogen) atoms. The molecular formula is C14H21Br2N3O. The van der Waals surface area contributed by atoms with E-state index in [2.05, 4.69) is 61.1 Å². The summed E-state index contributed by atoms with van der Waals surface area (Å²) in [5.74, 6) is 0.252. The molecule has 1 fully saturated rings. The summed E-state index contributed by atoms with van der Waals surface area (Å²) in [7, 11) is 4.36. The summed E-state index contributed by atoms with van der Waals surface area (Å²) < 4.78 is 1.44. The largest absolute Gasteiger partial charge is 0.506 e. The van der Waals surface area contributed by atoms with Crippen LogP contribution in [0.4, 0.5) is 0 Å². The second kappa shape index (κ2) is 7.22. The average molecular weight is 407 g/mol. The topological polar surface area (TPSA) is 38.7 Å². The normalized spacial score (nSPS) is 21.3. The Balaban J connectivity index is 1.86. The van der Waals surface area contributed by atoms with E-state index in [1.54, 1.807) is 0 Å². The number of hydrogen-bond donors (Lipinski definition) is 2. The van der Waals surface area contributed by atoms with Crippen LogP contribution in [0.25, 0.3) is 0 Å². The van der Waals surface area contributed by atoms with Crippen LogP contribution in [0.5, 0.6) is 5.75 Å². The van der Waals surface area contributed by atoms with Gasteiger partial charge in [0, 0.05) is 38.8 Å². The quantitative estimate of drug-likeness (QED) is 0.804. The molecule has 1 unspecified atom stereocenters. The van der Waals surface area contributed by atoms with Gasteiger partial charge in [-0.1, -0.05) is 0 Å². The molecule has 0 saturated carbocycles. The van der Waals surface area contributed by atoms with Gasteiger partial charge in [-0.25, -0.2) is 0 Å². The molecule has 1 aromatic rings. The van der Waals surface area contributed by atoms with Gasteiger partial charge in [0.05, 0.1) is 8.95 Å². The van der Waals surface area contributed by atoms with E-state index in [4.69, 9.17) is 0 Å². The third-order valence-corrected chi connectivity index (χ3v) is 4.97. The van der Waals surface area contributed by atoms with Crippen LogP contribution in [-0.4, -0.2) is 61.2 Å². The molecule has 0 aliphatic carbocycles. The first-order valence-electron chi connectivity index (χ1n) is 6.73. The van der Waals surface area contributed by atoms with Crippen LogP contribution in [0.1, 0.15) is 5.56 Å². The first-order chi connectivity index (χ1) is 9.47. The van der Waals surface area contributed by atoms with Gasteiger partial charge in [0.25, 0.3) is 0 Å². The Morgan fingerprint density at radius 3 is 2.55 bits per heavy atom. The highest BCUT2D eigenvalue weighted by Crippen LogP contribution is 2.33. The summed E-state index contributed by atoms with van der Waals surface area (Å²) >= 11 is 6.72. The molecule has 1 aliphatic heterocycles. The van der Waals surface area contributed by atoms with Gasteiger partial charge in [-0.3, -0.25) is 4.90 Å². The molecule has 1 saturated heterocycles. The Bertz CT molecular complexity index is 447. The van der Waals surface area contributed by atoms with Crippen LogP contribution in [-0.2, 0) is 6.54 Å². The van der Waals surface area contributed by atoms with E-state index in [0.717, 1.165) is 47.2 Å². The minimum Gasteiger partial charge on any atom is -0.506 e. The van der Waals surface area contributed by atoms with Crippen molar-refractivity contribution in [1.82, 2.24) is 15.1 Å². The van der Waals surface area contributed by atoms with Crippen LogP contribution < -0.4 is 5.32 Å². The molecule has 1 aliphatic rings. The predicted molar refractivity (Wildman–Crippen MR) is 89.1 cm³/mol. The number of hydrogen-bond acceptors (Lipinski definition) is 4. The Morgan fingerprint density at radius 1 is 1.25 bits per heavy atom. The molecular weight excluding hydrogens is 386 g/mol. The van der Waals surface area contributed by atoms with Crippen molar-refractivity contribution >= 4 is 31.9 Å². The van der Waals surface area contributed by atoms with Crippen molar-refractivity contribution in [3.8, 4) is 5.75 Å². The van der Waals surface area contributed by atoms with Gasteiger partial charge in [-0.2, -0.15) is 0 Å². The van der Waals surface area contributed by atoms with Gasteiger partial charge < -0.3 is 15.3 Å². The molecule has 2 N–H and O–H groups in total. The molecule has 1 atom stereocenters. The van der Waals surface area contributed by atoms with Crippen molar-refractivity contribution in [2.45, 2.75) is 12.6 Å². The number of piperazine rings is 1.